The molecule has 0 amide bonds. The Bertz CT molecular complexity index is 373. The third kappa shape index (κ3) is 3.24. The number of ether oxygens (including phenoxy) is 1. The molecule has 0 radical (unpaired) electrons. The van der Waals surface area contributed by atoms with Gasteiger partial charge in [0.05, 0.1) is 31.0 Å². The van der Waals surface area contributed by atoms with Crippen molar-refractivity contribution in [1.29, 1.82) is 0 Å². The molecule has 1 heterocycles. The first-order valence-corrected chi connectivity index (χ1v) is 6.00. The maximum Gasteiger partial charge on any atom is 0.239 e. The number of nitrogens with zero attached hydrogens (tertiary/aromatic N) is 1. The van der Waals surface area contributed by atoms with E-state index in [0.717, 1.165) is 0 Å². The van der Waals surface area contributed by atoms with Gasteiger partial charge in [0.25, 0.3) is 0 Å². The summed E-state index contributed by atoms with van der Waals surface area (Å²) in [5, 5.41) is 21.7. The zero-order chi connectivity index (χ0) is 13.6. The molecular formula is C12H21N3O3. The third-order valence-electron chi connectivity index (χ3n) is 2.85. The van der Waals surface area contributed by atoms with Crippen molar-refractivity contribution in [3.63, 3.8) is 0 Å². The van der Waals surface area contributed by atoms with Crippen LogP contribution in [-0.2, 0) is 0 Å². The van der Waals surface area contributed by atoms with Crippen LogP contribution in [0.25, 0.3) is 0 Å². The number of pyridine rings is 1. The zero-order valence-electron chi connectivity index (χ0n) is 10.8. The van der Waals surface area contributed by atoms with Gasteiger partial charge in [-0.05, 0) is 25.5 Å². The topological polar surface area (TPSA) is 101 Å². The average Bonchev–Trinajstić information content (AvgIpc) is 2.40. The van der Waals surface area contributed by atoms with Crippen molar-refractivity contribution in [2.24, 2.45) is 0 Å². The molecular weight excluding hydrogens is 234 g/mol. The van der Waals surface area contributed by atoms with Gasteiger partial charge in [-0.25, -0.2) is 0 Å². The second-order valence-electron chi connectivity index (χ2n) is 4.10. The van der Waals surface area contributed by atoms with E-state index in [9.17, 15) is 10.2 Å². The summed E-state index contributed by atoms with van der Waals surface area (Å²) >= 11 is 0. The van der Waals surface area contributed by atoms with Crippen molar-refractivity contribution < 1.29 is 14.9 Å². The molecule has 0 fully saturated rings. The fraction of sp³-hybridized carbons (Fsp3) is 0.583. The summed E-state index contributed by atoms with van der Waals surface area (Å²) in [5.41, 5.74) is 5.39. The summed E-state index contributed by atoms with van der Waals surface area (Å²) in [7, 11) is 0. The Hall–Kier alpha value is -1.53. The Labute approximate surface area is 107 Å². The smallest absolute Gasteiger partial charge is 0.239 e. The van der Waals surface area contributed by atoms with Crippen molar-refractivity contribution in [3.05, 3.63) is 12.1 Å². The molecule has 102 valence electrons. The van der Waals surface area contributed by atoms with E-state index in [1.807, 2.05) is 13.8 Å². The fourth-order valence-corrected chi connectivity index (χ4v) is 1.49. The van der Waals surface area contributed by atoms with Crippen molar-refractivity contribution in [2.75, 3.05) is 30.9 Å². The monoisotopic (exact) mass is 255 g/mol. The fourth-order valence-electron chi connectivity index (χ4n) is 1.49. The molecule has 0 atom stereocenters. The number of nitrogens with two attached hydrogens (primary N) is 1. The van der Waals surface area contributed by atoms with E-state index in [2.05, 4.69) is 10.3 Å². The summed E-state index contributed by atoms with van der Waals surface area (Å²) in [5.74, 6) is 0.862. The van der Waals surface area contributed by atoms with Crippen molar-refractivity contribution in [2.45, 2.75) is 25.8 Å². The van der Waals surface area contributed by atoms with Gasteiger partial charge in [0, 0.05) is 0 Å². The summed E-state index contributed by atoms with van der Waals surface area (Å²) < 4.78 is 5.29. The van der Waals surface area contributed by atoms with Gasteiger partial charge in [-0.1, -0.05) is 6.92 Å². The Morgan fingerprint density at radius 2 is 2.00 bits per heavy atom. The van der Waals surface area contributed by atoms with Gasteiger partial charge < -0.3 is 26.0 Å². The number of nitrogens with one attached hydrogen (secondary N) is 1. The number of aromatic nitrogens is 1. The van der Waals surface area contributed by atoms with Crippen molar-refractivity contribution in [3.8, 4) is 5.88 Å². The molecule has 5 N–H and O–H groups in total. The van der Waals surface area contributed by atoms with Gasteiger partial charge in [0.15, 0.2) is 0 Å². The largest absolute Gasteiger partial charge is 0.476 e. The number of nitrogen functional groups attached to an aromatic ring is 1. The normalized spacial score (nSPS) is 11.3. The van der Waals surface area contributed by atoms with Gasteiger partial charge in [-0.3, -0.25) is 0 Å². The quantitative estimate of drug-likeness (QED) is 0.569. The van der Waals surface area contributed by atoms with Gasteiger partial charge in [-0.2, -0.15) is 4.98 Å². The molecule has 0 saturated carbocycles. The minimum absolute atomic E-state index is 0.184. The average molecular weight is 255 g/mol. The lowest BCUT2D eigenvalue weighted by Gasteiger charge is -2.30. The summed E-state index contributed by atoms with van der Waals surface area (Å²) in [6, 6.07) is 3.36. The van der Waals surface area contributed by atoms with E-state index in [1.165, 1.54) is 0 Å². The molecule has 1 aromatic rings. The van der Waals surface area contributed by atoms with Crippen molar-refractivity contribution >= 4 is 11.5 Å². The number of hydrogen-bond acceptors (Lipinski definition) is 6. The first-order chi connectivity index (χ1) is 8.60. The lowest BCUT2D eigenvalue weighted by Crippen LogP contribution is -2.45. The maximum absolute atomic E-state index is 9.36. The predicted molar refractivity (Wildman–Crippen MR) is 70.6 cm³/mol. The van der Waals surface area contributed by atoms with E-state index in [-0.39, 0.29) is 13.2 Å². The minimum Gasteiger partial charge on any atom is -0.476 e. The molecule has 6 heteroatoms. The molecule has 1 aromatic heterocycles. The van der Waals surface area contributed by atoms with Crippen LogP contribution in [0.5, 0.6) is 5.88 Å². The third-order valence-corrected chi connectivity index (χ3v) is 2.85. The summed E-state index contributed by atoms with van der Waals surface area (Å²) in [4.78, 5) is 4.21. The summed E-state index contributed by atoms with van der Waals surface area (Å²) in [6.07, 6.45) is 0.566. The predicted octanol–water partition coefficient (Wildman–Crippen LogP) is 0.608. The molecule has 0 spiro atoms. The molecule has 0 unspecified atom stereocenters. The molecule has 18 heavy (non-hydrogen) atoms. The van der Waals surface area contributed by atoms with Crippen LogP contribution in [0, 0.1) is 0 Å². The Balaban J connectivity index is 2.93. The highest BCUT2D eigenvalue weighted by atomic mass is 16.5. The Kier molecular flexibility index (Phi) is 5.18. The Morgan fingerprint density at radius 3 is 2.50 bits per heavy atom. The molecule has 0 bridgehead atoms. The highest BCUT2D eigenvalue weighted by molar-refractivity contribution is 5.54. The highest BCUT2D eigenvalue weighted by Gasteiger charge is 2.26. The molecule has 0 aliphatic carbocycles. The number of hydrogen-bond donors (Lipinski definition) is 4. The van der Waals surface area contributed by atoms with Gasteiger partial charge in [-0.15, -0.1) is 0 Å². The second kappa shape index (κ2) is 6.42. The highest BCUT2D eigenvalue weighted by Crippen LogP contribution is 2.23. The number of aliphatic hydroxyl groups excluding tert-OH is 2. The van der Waals surface area contributed by atoms with Gasteiger partial charge in [0.2, 0.25) is 5.88 Å². The van der Waals surface area contributed by atoms with E-state index >= 15 is 0 Å². The maximum atomic E-state index is 9.36. The van der Waals surface area contributed by atoms with Crippen LogP contribution < -0.4 is 15.8 Å². The van der Waals surface area contributed by atoms with Gasteiger partial charge >= 0.3 is 0 Å². The van der Waals surface area contributed by atoms with Crippen LogP contribution in [0.1, 0.15) is 20.3 Å². The molecule has 6 nitrogen and oxygen atoms in total. The minimum atomic E-state index is -0.785. The number of anilines is 2. The van der Waals surface area contributed by atoms with Crippen LogP contribution in [0.4, 0.5) is 11.5 Å². The van der Waals surface area contributed by atoms with E-state index in [0.29, 0.717) is 30.4 Å². The molecule has 1 rings (SSSR count). The van der Waals surface area contributed by atoms with Crippen LogP contribution in [0.15, 0.2) is 12.1 Å². The van der Waals surface area contributed by atoms with Crippen LogP contribution in [-0.4, -0.2) is 40.6 Å². The first-order valence-electron chi connectivity index (χ1n) is 6.00. The Morgan fingerprint density at radius 1 is 1.33 bits per heavy atom. The molecule has 0 aromatic carbocycles. The van der Waals surface area contributed by atoms with Crippen LogP contribution >= 0.6 is 0 Å². The first kappa shape index (κ1) is 14.5. The van der Waals surface area contributed by atoms with E-state index in [4.69, 9.17) is 10.5 Å². The van der Waals surface area contributed by atoms with E-state index in [1.54, 1.807) is 12.1 Å². The van der Waals surface area contributed by atoms with Crippen molar-refractivity contribution in [1.82, 2.24) is 4.98 Å². The van der Waals surface area contributed by atoms with Gasteiger partial charge in [0.1, 0.15) is 5.82 Å². The lowest BCUT2D eigenvalue weighted by atomic mass is 9.98. The summed E-state index contributed by atoms with van der Waals surface area (Å²) in [6.45, 7) is 3.82. The second-order valence-corrected chi connectivity index (χ2v) is 4.10. The lowest BCUT2D eigenvalue weighted by molar-refractivity contribution is 0.132. The van der Waals surface area contributed by atoms with E-state index < -0.39 is 5.54 Å². The number of rotatable bonds is 7. The molecule has 0 saturated heterocycles. The zero-order valence-corrected chi connectivity index (χ0v) is 10.8. The van der Waals surface area contributed by atoms with Crippen LogP contribution in [0.2, 0.25) is 0 Å². The number of aliphatic hydroxyl groups is 2. The SMILES string of the molecule is CCOc1nc(NC(CC)(CO)CO)ccc1N. The molecule has 0 aliphatic rings. The standard InChI is InChI=1S/C12H21N3O3/c1-3-12(7-16,8-17)15-10-6-5-9(13)11(14-10)18-4-2/h5-6,16-17H,3-4,7-8,13H2,1-2H3,(H,14,15). The molecule has 0 aliphatic heterocycles. The van der Waals surface area contributed by atoms with Crippen LogP contribution in [0.3, 0.4) is 0 Å².